The van der Waals surface area contributed by atoms with Gasteiger partial charge in [-0.3, -0.25) is 4.79 Å². The first-order valence-corrected chi connectivity index (χ1v) is 9.83. The highest BCUT2D eigenvalue weighted by Gasteiger charge is 2.25. The zero-order chi connectivity index (χ0) is 18.6. The molecular weight excluding hydrogens is 376 g/mol. The van der Waals surface area contributed by atoms with E-state index in [1.54, 1.807) is 6.21 Å². The van der Waals surface area contributed by atoms with Gasteiger partial charge in [-0.25, -0.2) is 0 Å². The van der Waals surface area contributed by atoms with Gasteiger partial charge < -0.3 is 4.74 Å². The van der Waals surface area contributed by atoms with Crippen LogP contribution in [0.4, 0.5) is 0 Å². The number of hydrogen-bond donors (Lipinski definition) is 0. The van der Waals surface area contributed by atoms with Crippen molar-refractivity contribution >= 4 is 51.2 Å². The molecule has 4 rings (SSSR count). The Labute approximate surface area is 166 Å². The van der Waals surface area contributed by atoms with E-state index in [4.69, 9.17) is 17.0 Å². The van der Waals surface area contributed by atoms with Gasteiger partial charge in [0.1, 0.15) is 12.4 Å². The molecule has 4 nitrogen and oxygen atoms in total. The smallest absolute Gasteiger partial charge is 0.259 e. The number of hydrazone groups is 1. The molecule has 1 amide bonds. The Hall–Kier alpha value is -2.70. The molecular formula is C21H16N2O2S2. The molecule has 0 radical (unpaired) electrons. The summed E-state index contributed by atoms with van der Waals surface area (Å²) in [4.78, 5) is 11.6. The predicted molar refractivity (Wildman–Crippen MR) is 114 cm³/mol. The molecule has 1 aliphatic heterocycles. The first-order chi connectivity index (χ1) is 13.2. The fourth-order valence-corrected chi connectivity index (χ4v) is 3.70. The van der Waals surface area contributed by atoms with Crippen molar-refractivity contribution in [3.8, 4) is 5.75 Å². The van der Waals surface area contributed by atoms with Crippen LogP contribution in [0.1, 0.15) is 11.1 Å². The van der Waals surface area contributed by atoms with Crippen molar-refractivity contribution in [2.24, 2.45) is 5.10 Å². The molecule has 3 aromatic carbocycles. The van der Waals surface area contributed by atoms with Crippen LogP contribution < -0.4 is 4.74 Å². The highest BCUT2D eigenvalue weighted by molar-refractivity contribution is 8.23. The lowest BCUT2D eigenvalue weighted by Gasteiger charge is -2.08. The second kappa shape index (κ2) is 7.90. The quantitative estimate of drug-likeness (QED) is 0.470. The van der Waals surface area contributed by atoms with E-state index in [0.717, 1.165) is 16.9 Å². The second-order valence-corrected chi connectivity index (χ2v) is 7.65. The van der Waals surface area contributed by atoms with E-state index in [9.17, 15) is 4.79 Å². The van der Waals surface area contributed by atoms with E-state index >= 15 is 0 Å². The molecule has 6 heteroatoms. The van der Waals surface area contributed by atoms with E-state index in [-0.39, 0.29) is 5.91 Å². The lowest BCUT2D eigenvalue weighted by Crippen LogP contribution is -2.22. The van der Waals surface area contributed by atoms with Gasteiger partial charge in [0.05, 0.1) is 12.0 Å². The first kappa shape index (κ1) is 17.7. The van der Waals surface area contributed by atoms with E-state index in [0.29, 0.717) is 16.7 Å². The molecule has 1 aliphatic rings. The number of nitrogens with zero attached hydrogens (tertiary/aromatic N) is 2. The number of benzene rings is 3. The minimum absolute atomic E-state index is 0.0865. The molecule has 0 saturated carbocycles. The molecule has 0 aliphatic carbocycles. The van der Waals surface area contributed by atoms with E-state index in [2.05, 4.69) is 35.4 Å². The number of ether oxygens (including phenoxy) is 1. The summed E-state index contributed by atoms with van der Waals surface area (Å²) in [5.74, 6) is 1.05. The third-order valence-electron chi connectivity index (χ3n) is 4.15. The third-order valence-corrected chi connectivity index (χ3v) is 5.49. The van der Waals surface area contributed by atoms with Crippen LogP contribution in [0.25, 0.3) is 10.8 Å². The van der Waals surface area contributed by atoms with Gasteiger partial charge in [-0.2, -0.15) is 10.1 Å². The maximum absolute atomic E-state index is 11.6. The molecule has 0 bridgehead atoms. The van der Waals surface area contributed by atoms with Crippen LogP contribution in [0.5, 0.6) is 5.75 Å². The molecule has 1 heterocycles. The molecule has 134 valence electrons. The summed E-state index contributed by atoms with van der Waals surface area (Å²) in [6, 6.07) is 22.2. The Morgan fingerprint density at radius 2 is 1.85 bits per heavy atom. The molecule has 27 heavy (non-hydrogen) atoms. The number of hydrogen-bond acceptors (Lipinski definition) is 5. The van der Waals surface area contributed by atoms with Gasteiger partial charge >= 0.3 is 0 Å². The highest BCUT2D eigenvalue weighted by Crippen LogP contribution is 2.20. The Bertz CT molecular complexity index is 1020. The van der Waals surface area contributed by atoms with Gasteiger partial charge in [-0.05, 0) is 52.2 Å². The number of carbonyl (C=O) groups excluding carboxylic acids is 1. The van der Waals surface area contributed by atoms with Crippen LogP contribution >= 0.6 is 24.0 Å². The van der Waals surface area contributed by atoms with Gasteiger partial charge in [0, 0.05) is 0 Å². The van der Waals surface area contributed by atoms with Crippen LogP contribution in [0.2, 0.25) is 0 Å². The largest absolute Gasteiger partial charge is 0.489 e. The van der Waals surface area contributed by atoms with Gasteiger partial charge in [0.15, 0.2) is 4.32 Å². The van der Waals surface area contributed by atoms with E-state index in [1.165, 1.54) is 27.5 Å². The molecule has 3 aromatic rings. The number of thioether (sulfide) groups is 1. The number of fused-ring (bicyclic) bond motifs is 1. The predicted octanol–water partition coefficient (Wildman–Crippen LogP) is 4.61. The van der Waals surface area contributed by atoms with Gasteiger partial charge in [0.25, 0.3) is 5.91 Å². The van der Waals surface area contributed by atoms with Gasteiger partial charge in [0.2, 0.25) is 0 Å². The van der Waals surface area contributed by atoms with E-state index in [1.807, 2.05) is 36.4 Å². The summed E-state index contributed by atoms with van der Waals surface area (Å²) in [6.07, 6.45) is 1.63. The standard InChI is InChI=1S/C21H16N2O2S2/c24-20-14-27-21(26)23(20)22-12-15-6-9-19(10-7-15)25-13-16-5-8-17-3-1-2-4-18(17)11-16/h1-12H,13-14H2/b22-12-. The minimum Gasteiger partial charge on any atom is -0.489 e. The molecule has 1 fully saturated rings. The summed E-state index contributed by atoms with van der Waals surface area (Å²) in [6.45, 7) is 0.506. The van der Waals surface area contributed by atoms with Gasteiger partial charge in [-0.15, -0.1) is 0 Å². The van der Waals surface area contributed by atoms with Crippen molar-refractivity contribution in [2.75, 3.05) is 5.75 Å². The van der Waals surface area contributed by atoms with Crippen LogP contribution in [0.15, 0.2) is 71.8 Å². The van der Waals surface area contributed by atoms with Crippen molar-refractivity contribution in [1.82, 2.24) is 5.01 Å². The fraction of sp³-hybridized carbons (Fsp3) is 0.0952. The average Bonchev–Trinajstić information content (AvgIpc) is 3.03. The lowest BCUT2D eigenvalue weighted by molar-refractivity contribution is -0.123. The van der Waals surface area contributed by atoms with E-state index < -0.39 is 0 Å². The molecule has 0 unspecified atom stereocenters. The Morgan fingerprint density at radius 3 is 2.59 bits per heavy atom. The number of amides is 1. The van der Waals surface area contributed by atoms with Crippen LogP contribution in [0, 0.1) is 0 Å². The number of rotatable bonds is 5. The third kappa shape index (κ3) is 4.18. The Balaban J connectivity index is 1.38. The Kier molecular flexibility index (Phi) is 5.18. The summed E-state index contributed by atoms with van der Waals surface area (Å²) in [5, 5.41) is 7.86. The van der Waals surface area contributed by atoms with Crippen LogP contribution in [-0.2, 0) is 11.4 Å². The summed E-state index contributed by atoms with van der Waals surface area (Å²) < 4.78 is 6.37. The van der Waals surface area contributed by atoms with Crippen molar-refractivity contribution < 1.29 is 9.53 Å². The normalized spacial score (nSPS) is 14.4. The monoisotopic (exact) mass is 392 g/mol. The second-order valence-electron chi connectivity index (χ2n) is 6.04. The first-order valence-electron chi connectivity index (χ1n) is 8.43. The SMILES string of the molecule is O=C1CSC(=S)N1/N=C\c1ccc(OCc2ccc3ccccc3c2)cc1. The highest BCUT2D eigenvalue weighted by atomic mass is 32.2. The Morgan fingerprint density at radius 1 is 1.07 bits per heavy atom. The molecule has 0 N–H and O–H groups in total. The molecule has 0 atom stereocenters. The number of thiocarbonyl (C=S) groups is 1. The average molecular weight is 393 g/mol. The van der Waals surface area contributed by atoms with Gasteiger partial charge in [-0.1, -0.05) is 60.4 Å². The minimum atomic E-state index is -0.0865. The molecule has 1 saturated heterocycles. The maximum Gasteiger partial charge on any atom is 0.259 e. The zero-order valence-electron chi connectivity index (χ0n) is 14.4. The summed E-state index contributed by atoms with van der Waals surface area (Å²) >= 11 is 6.43. The summed E-state index contributed by atoms with van der Waals surface area (Å²) in [7, 11) is 0. The maximum atomic E-state index is 11.6. The summed E-state index contributed by atoms with van der Waals surface area (Å²) in [5.41, 5.74) is 2.00. The van der Waals surface area contributed by atoms with Crippen molar-refractivity contribution in [2.45, 2.75) is 6.61 Å². The zero-order valence-corrected chi connectivity index (χ0v) is 16.0. The number of carbonyl (C=O) groups is 1. The van der Waals surface area contributed by atoms with Crippen molar-refractivity contribution in [1.29, 1.82) is 0 Å². The van der Waals surface area contributed by atoms with Crippen LogP contribution in [-0.4, -0.2) is 27.2 Å². The molecule has 0 spiro atoms. The van der Waals surface area contributed by atoms with Crippen LogP contribution in [0.3, 0.4) is 0 Å². The fourth-order valence-electron chi connectivity index (χ4n) is 2.73. The van der Waals surface area contributed by atoms with Crippen molar-refractivity contribution in [3.63, 3.8) is 0 Å². The molecule has 0 aromatic heterocycles. The topological polar surface area (TPSA) is 41.9 Å². The van der Waals surface area contributed by atoms with Crippen molar-refractivity contribution in [3.05, 3.63) is 77.9 Å². The lowest BCUT2D eigenvalue weighted by atomic mass is 10.1.